The second kappa shape index (κ2) is 9.09. The normalized spacial score (nSPS) is 13.2. The van der Waals surface area contributed by atoms with Crippen LogP contribution >= 0.6 is 0 Å². The van der Waals surface area contributed by atoms with Crippen LogP contribution in [0, 0.1) is 22.7 Å². The summed E-state index contributed by atoms with van der Waals surface area (Å²) in [7, 11) is 0. The molecule has 20 heavy (non-hydrogen) atoms. The van der Waals surface area contributed by atoms with Gasteiger partial charge in [0.25, 0.3) is 0 Å². The first-order valence-corrected chi connectivity index (χ1v) is 7.12. The number of nitriles is 2. The van der Waals surface area contributed by atoms with Gasteiger partial charge in [-0.2, -0.15) is 10.5 Å². The minimum absolute atomic E-state index is 0.284. The molecular formula is C16H22N4. The van der Waals surface area contributed by atoms with Crippen molar-refractivity contribution in [3.05, 3.63) is 35.4 Å². The molecule has 1 rings (SSSR count). The molecule has 1 aromatic rings. The van der Waals surface area contributed by atoms with E-state index in [2.05, 4.69) is 36.6 Å². The van der Waals surface area contributed by atoms with Gasteiger partial charge in [-0.15, -0.1) is 0 Å². The van der Waals surface area contributed by atoms with Crippen molar-refractivity contribution in [3.8, 4) is 12.1 Å². The lowest BCUT2D eigenvalue weighted by Crippen LogP contribution is -2.22. The number of nitrogens with one attached hydrogen (secondary N) is 2. The van der Waals surface area contributed by atoms with Gasteiger partial charge in [-0.25, -0.2) is 0 Å². The van der Waals surface area contributed by atoms with Crippen LogP contribution in [0.2, 0.25) is 0 Å². The summed E-state index contributed by atoms with van der Waals surface area (Å²) in [5.74, 6) is 0. The summed E-state index contributed by atoms with van der Waals surface area (Å²) in [6.45, 7) is 5.78. The van der Waals surface area contributed by atoms with Gasteiger partial charge in [0.05, 0.1) is 12.1 Å². The predicted molar refractivity (Wildman–Crippen MR) is 79.7 cm³/mol. The van der Waals surface area contributed by atoms with Crippen LogP contribution in [0.3, 0.4) is 0 Å². The Labute approximate surface area is 121 Å². The molecule has 0 aliphatic carbocycles. The van der Waals surface area contributed by atoms with Crippen LogP contribution in [0.5, 0.6) is 0 Å². The topological polar surface area (TPSA) is 71.6 Å². The lowest BCUT2D eigenvalue weighted by atomic mass is 10.0. The summed E-state index contributed by atoms with van der Waals surface area (Å²) in [6.07, 6.45) is 1.99. The molecule has 0 saturated carbocycles. The number of hydrogen-bond acceptors (Lipinski definition) is 4. The number of hydrogen-bond donors (Lipinski definition) is 2. The van der Waals surface area contributed by atoms with Crippen molar-refractivity contribution in [2.24, 2.45) is 0 Å². The first kappa shape index (κ1) is 16.2. The Morgan fingerprint density at radius 2 is 1.20 bits per heavy atom. The van der Waals surface area contributed by atoms with Crippen molar-refractivity contribution in [3.63, 3.8) is 0 Å². The van der Waals surface area contributed by atoms with Gasteiger partial charge in [0.2, 0.25) is 0 Å². The van der Waals surface area contributed by atoms with Gasteiger partial charge in [-0.1, -0.05) is 38.1 Å². The Kier molecular flexibility index (Phi) is 7.35. The van der Waals surface area contributed by atoms with Gasteiger partial charge in [0, 0.05) is 0 Å². The average Bonchev–Trinajstić information content (AvgIpc) is 2.50. The van der Waals surface area contributed by atoms with Crippen LogP contribution in [0.25, 0.3) is 0 Å². The molecule has 0 aliphatic rings. The smallest absolute Gasteiger partial charge is 0.121 e. The van der Waals surface area contributed by atoms with Crippen molar-refractivity contribution >= 4 is 0 Å². The fourth-order valence-electron chi connectivity index (χ4n) is 1.93. The SMILES string of the molecule is CCCN[C@@H](C#N)c1ccc([C@H](C#N)NCCC)cc1. The van der Waals surface area contributed by atoms with Crippen LogP contribution in [0.1, 0.15) is 49.9 Å². The molecule has 0 bridgehead atoms. The van der Waals surface area contributed by atoms with Crippen LogP contribution in [0.15, 0.2) is 24.3 Å². The van der Waals surface area contributed by atoms with E-state index in [4.69, 9.17) is 10.5 Å². The summed E-state index contributed by atoms with van der Waals surface area (Å²) in [5, 5.41) is 24.7. The van der Waals surface area contributed by atoms with Gasteiger partial charge in [-0.05, 0) is 37.1 Å². The van der Waals surface area contributed by atoms with E-state index in [0.717, 1.165) is 37.1 Å². The maximum absolute atomic E-state index is 9.17. The van der Waals surface area contributed by atoms with Gasteiger partial charge in [0.1, 0.15) is 12.1 Å². The fraction of sp³-hybridized carbons (Fsp3) is 0.500. The molecule has 106 valence electrons. The standard InChI is InChI=1S/C16H22N4/c1-3-9-19-15(11-17)13-5-7-14(8-6-13)16(12-18)20-10-4-2/h5-8,15-16,19-20H,3-4,9-10H2,1-2H3/t15-,16-/m0/s1. The highest BCUT2D eigenvalue weighted by molar-refractivity contribution is 5.31. The van der Waals surface area contributed by atoms with Crippen molar-refractivity contribution in [1.29, 1.82) is 10.5 Å². The summed E-state index contributed by atoms with van der Waals surface area (Å²) >= 11 is 0. The Hall–Kier alpha value is -1.88. The molecule has 0 radical (unpaired) electrons. The van der Waals surface area contributed by atoms with Gasteiger partial charge < -0.3 is 0 Å². The molecule has 2 atom stereocenters. The first-order valence-electron chi connectivity index (χ1n) is 7.12. The molecule has 0 heterocycles. The van der Waals surface area contributed by atoms with Gasteiger partial charge in [-0.3, -0.25) is 10.6 Å². The molecule has 0 unspecified atom stereocenters. The highest BCUT2D eigenvalue weighted by Gasteiger charge is 2.12. The maximum atomic E-state index is 9.17. The van der Waals surface area contributed by atoms with E-state index in [0.29, 0.717) is 0 Å². The average molecular weight is 270 g/mol. The van der Waals surface area contributed by atoms with E-state index in [-0.39, 0.29) is 12.1 Å². The largest absolute Gasteiger partial charge is 0.298 e. The summed E-state index contributed by atoms with van der Waals surface area (Å²) in [5.41, 5.74) is 1.88. The highest BCUT2D eigenvalue weighted by atomic mass is 14.9. The Balaban J connectivity index is 2.76. The zero-order valence-corrected chi connectivity index (χ0v) is 12.2. The molecule has 4 heteroatoms. The van der Waals surface area contributed by atoms with E-state index < -0.39 is 0 Å². The minimum Gasteiger partial charge on any atom is -0.298 e. The fourth-order valence-corrected chi connectivity index (χ4v) is 1.93. The monoisotopic (exact) mass is 270 g/mol. The van der Waals surface area contributed by atoms with Gasteiger partial charge in [0.15, 0.2) is 0 Å². The third-order valence-corrected chi connectivity index (χ3v) is 3.06. The maximum Gasteiger partial charge on any atom is 0.121 e. The molecule has 0 spiro atoms. The van der Waals surface area contributed by atoms with Crippen molar-refractivity contribution in [1.82, 2.24) is 10.6 Å². The Bertz CT molecular complexity index is 422. The molecule has 0 aliphatic heterocycles. The zero-order valence-electron chi connectivity index (χ0n) is 12.2. The van der Waals surface area contributed by atoms with Crippen molar-refractivity contribution < 1.29 is 0 Å². The third kappa shape index (κ3) is 4.66. The molecule has 4 nitrogen and oxygen atoms in total. The summed E-state index contributed by atoms with van der Waals surface area (Å²) < 4.78 is 0. The van der Waals surface area contributed by atoms with E-state index in [9.17, 15) is 0 Å². The quantitative estimate of drug-likeness (QED) is 0.762. The van der Waals surface area contributed by atoms with Crippen LogP contribution in [-0.2, 0) is 0 Å². The molecule has 0 fully saturated rings. The summed E-state index contributed by atoms with van der Waals surface area (Å²) in [6, 6.07) is 11.6. The molecule has 0 saturated heterocycles. The predicted octanol–water partition coefficient (Wildman–Crippen LogP) is 2.82. The van der Waals surface area contributed by atoms with Crippen LogP contribution in [0.4, 0.5) is 0 Å². The third-order valence-electron chi connectivity index (χ3n) is 3.06. The number of rotatable bonds is 8. The molecule has 1 aromatic carbocycles. The summed E-state index contributed by atoms with van der Waals surface area (Å²) in [4.78, 5) is 0. The number of nitrogens with zero attached hydrogens (tertiary/aromatic N) is 2. The first-order chi connectivity index (χ1) is 9.76. The van der Waals surface area contributed by atoms with Gasteiger partial charge >= 0.3 is 0 Å². The zero-order chi connectivity index (χ0) is 14.8. The molecular weight excluding hydrogens is 248 g/mol. The van der Waals surface area contributed by atoms with Crippen LogP contribution in [-0.4, -0.2) is 13.1 Å². The molecule has 0 aromatic heterocycles. The van der Waals surface area contributed by atoms with E-state index in [1.165, 1.54) is 0 Å². The van der Waals surface area contributed by atoms with E-state index in [1.807, 2.05) is 24.3 Å². The second-order valence-corrected chi connectivity index (χ2v) is 4.70. The van der Waals surface area contributed by atoms with E-state index >= 15 is 0 Å². The molecule has 2 N–H and O–H groups in total. The molecule has 0 amide bonds. The second-order valence-electron chi connectivity index (χ2n) is 4.70. The Morgan fingerprint density at radius 1 is 0.850 bits per heavy atom. The van der Waals surface area contributed by atoms with Crippen LogP contribution < -0.4 is 10.6 Å². The van der Waals surface area contributed by atoms with Crippen molar-refractivity contribution in [2.45, 2.75) is 38.8 Å². The Morgan fingerprint density at radius 3 is 1.45 bits per heavy atom. The van der Waals surface area contributed by atoms with Crippen molar-refractivity contribution in [2.75, 3.05) is 13.1 Å². The lowest BCUT2D eigenvalue weighted by molar-refractivity contribution is 0.614. The highest BCUT2D eigenvalue weighted by Crippen LogP contribution is 2.17. The lowest BCUT2D eigenvalue weighted by Gasteiger charge is -2.14. The number of benzene rings is 1. The minimum atomic E-state index is -0.284. The van der Waals surface area contributed by atoms with E-state index in [1.54, 1.807) is 0 Å².